The first kappa shape index (κ1) is 27.0. The van der Waals surface area contributed by atoms with E-state index in [9.17, 15) is 9.59 Å². The highest BCUT2D eigenvalue weighted by atomic mass is 16.6. The van der Waals surface area contributed by atoms with Gasteiger partial charge >= 0.3 is 5.97 Å². The van der Waals surface area contributed by atoms with E-state index in [0.717, 1.165) is 27.7 Å². The summed E-state index contributed by atoms with van der Waals surface area (Å²) < 4.78 is 13.1. The number of carbonyl (C=O) groups excluding carboxylic acids is 2. The van der Waals surface area contributed by atoms with E-state index in [-0.39, 0.29) is 23.8 Å². The van der Waals surface area contributed by atoms with Crippen molar-refractivity contribution in [3.05, 3.63) is 101 Å². The van der Waals surface area contributed by atoms with E-state index in [1.807, 2.05) is 94.5 Å². The van der Waals surface area contributed by atoms with Gasteiger partial charge in [-0.3, -0.25) is 4.79 Å². The van der Waals surface area contributed by atoms with E-state index >= 15 is 0 Å². The van der Waals surface area contributed by atoms with Gasteiger partial charge in [-0.05, 0) is 61.2 Å². The molecule has 0 saturated carbocycles. The zero-order valence-corrected chi connectivity index (χ0v) is 22.9. The van der Waals surface area contributed by atoms with Crippen molar-refractivity contribution in [1.82, 2.24) is 9.88 Å². The van der Waals surface area contributed by atoms with Crippen molar-refractivity contribution < 1.29 is 19.1 Å². The second-order valence-electron chi connectivity index (χ2n) is 10.1. The van der Waals surface area contributed by atoms with Crippen molar-refractivity contribution in [2.45, 2.75) is 46.3 Å². The van der Waals surface area contributed by atoms with Crippen LogP contribution in [0.15, 0.2) is 72.8 Å². The minimum atomic E-state index is -0.663. The number of aryl methyl sites for hydroxylation is 1. The third-order valence-electron chi connectivity index (χ3n) is 7.11. The average Bonchev–Trinajstić information content (AvgIpc) is 3.16. The van der Waals surface area contributed by atoms with Gasteiger partial charge in [-0.25, -0.2) is 4.79 Å². The summed E-state index contributed by atoms with van der Waals surface area (Å²) in [6.45, 7) is 7.95. The molecule has 4 aromatic rings. The number of ether oxygens (including phenoxy) is 2. The number of hydrogen-bond acceptors (Lipinski definition) is 4. The summed E-state index contributed by atoms with van der Waals surface area (Å²) in [5.41, 5.74) is 6.11. The Kier molecular flexibility index (Phi) is 8.20. The average molecular weight is 513 g/mol. The lowest BCUT2D eigenvalue weighted by Gasteiger charge is -2.20. The molecule has 2 atom stereocenters. The van der Waals surface area contributed by atoms with Gasteiger partial charge in [0.25, 0.3) is 5.91 Å². The number of benzene rings is 3. The first-order valence-corrected chi connectivity index (χ1v) is 13.0. The molecular formula is C32H36N2O4. The van der Waals surface area contributed by atoms with Crippen molar-refractivity contribution in [3.8, 4) is 5.75 Å². The van der Waals surface area contributed by atoms with Gasteiger partial charge in [-0.1, -0.05) is 62.4 Å². The van der Waals surface area contributed by atoms with Crippen LogP contribution in [0.2, 0.25) is 0 Å². The SMILES string of the molecule is COC(=O)C(Oc1cccc(Cc2c(C)n(C)c3cc(C(=O)N[C@@H](C)c4ccccc4)ccc23)c1)C(C)C. The topological polar surface area (TPSA) is 69.6 Å². The summed E-state index contributed by atoms with van der Waals surface area (Å²) in [5, 5.41) is 4.21. The summed E-state index contributed by atoms with van der Waals surface area (Å²) in [7, 11) is 3.40. The van der Waals surface area contributed by atoms with Crippen molar-refractivity contribution in [2.24, 2.45) is 13.0 Å². The molecule has 3 aromatic carbocycles. The van der Waals surface area contributed by atoms with E-state index < -0.39 is 6.10 Å². The largest absolute Gasteiger partial charge is 0.478 e. The molecule has 0 spiro atoms. The van der Waals surface area contributed by atoms with Crippen LogP contribution in [-0.2, 0) is 23.0 Å². The lowest BCUT2D eigenvalue weighted by Crippen LogP contribution is -2.33. The van der Waals surface area contributed by atoms with E-state index in [2.05, 4.69) is 22.9 Å². The van der Waals surface area contributed by atoms with Crippen LogP contribution in [0, 0.1) is 12.8 Å². The normalized spacial score (nSPS) is 12.8. The molecule has 6 nitrogen and oxygen atoms in total. The standard InChI is InChI=1S/C32H36N2O4/c1-20(2)30(32(36)37-6)38-26-14-10-11-23(17-26)18-28-22(4)34(5)29-19-25(15-16-27(28)29)31(35)33-21(3)24-12-8-7-9-13-24/h7-17,19-21,30H,18H2,1-6H3,(H,33,35)/t21-,30?/m0/s1. The number of aromatic nitrogens is 1. The molecule has 0 saturated heterocycles. The third kappa shape index (κ3) is 5.75. The van der Waals surface area contributed by atoms with E-state index in [0.29, 0.717) is 17.7 Å². The molecule has 0 bridgehead atoms. The van der Waals surface area contributed by atoms with Gasteiger partial charge in [0.2, 0.25) is 0 Å². The number of nitrogens with one attached hydrogen (secondary N) is 1. The Morgan fingerprint density at radius 1 is 0.947 bits per heavy atom. The predicted octanol–water partition coefficient (Wildman–Crippen LogP) is 6.14. The van der Waals surface area contributed by atoms with Crippen LogP contribution in [0.5, 0.6) is 5.75 Å². The Labute approximate surface area is 224 Å². The first-order valence-electron chi connectivity index (χ1n) is 13.0. The zero-order chi connectivity index (χ0) is 27.4. The molecule has 1 heterocycles. The Hall–Kier alpha value is -4.06. The van der Waals surface area contributed by atoms with Gasteiger partial charge in [-0.2, -0.15) is 0 Å². The summed E-state index contributed by atoms with van der Waals surface area (Å²) in [6, 6.07) is 23.6. The molecule has 0 fully saturated rings. The molecule has 0 radical (unpaired) electrons. The number of hydrogen-bond donors (Lipinski definition) is 1. The molecule has 198 valence electrons. The molecule has 1 unspecified atom stereocenters. The van der Waals surface area contributed by atoms with Gasteiger partial charge in [0.1, 0.15) is 5.75 Å². The Morgan fingerprint density at radius 2 is 1.68 bits per heavy atom. The van der Waals surface area contributed by atoms with Gasteiger partial charge in [-0.15, -0.1) is 0 Å². The summed E-state index contributed by atoms with van der Waals surface area (Å²) in [5.74, 6) is 0.136. The van der Waals surface area contributed by atoms with Crippen LogP contribution < -0.4 is 10.1 Å². The molecule has 1 aromatic heterocycles. The van der Waals surface area contributed by atoms with Crippen LogP contribution in [-0.4, -0.2) is 29.7 Å². The minimum Gasteiger partial charge on any atom is -0.478 e. The number of carbonyl (C=O) groups is 2. The van der Waals surface area contributed by atoms with Gasteiger partial charge in [0.05, 0.1) is 13.2 Å². The molecule has 0 aliphatic carbocycles. The quantitative estimate of drug-likeness (QED) is 0.273. The molecular weight excluding hydrogens is 476 g/mol. The maximum atomic E-state index is 13.0. The molecule has 1 amide bonds. The monoisotopic (exact) mass is 512 g/mol. The number of esters is 1. The Morgan fingerprint density at radius 3 is 2.37 bits per heavy atom. The van der Waals surface area contributed by atoms with Crippen molar-refractivity contribution in [1.29, 1.82) is 0 Å². The number of amides is 1. The number of fused-ring (bicyclic) bond motifs is 1. The third-order valence-corrected chi connectivity index (χ3v) is 7.11. The fourth-order valence-electron chi connectivity index (χ4n) is 4.76. The molecule has 0 aliphatic heterocycles. The van der Waals surface area contributed by atoms with E-state index in [1.165, 1.54) is 12.7 Å². The Bertz CT molecular complexity index is 1440. The van der Waals surface area contributed by atoms with Crippen molar-refractivity contribution >= 4 is 22.8 Å². The minimum absolute atomic E-state index is 0.0199. The molecule has 0 aliphatic rings. The second kappa shape index (κ2) is 11.5. The summed E-state index contributed by atoms with van der Waals surface area (Å²) in [4.78, 5) is 25.2. The Balaban J connectivity index is 1.57. The van der Waals surface area contributed by atoms with Crippen molar-refractivity contribution in [2.75, 3.05) is 7.11 Å². The number of nitrogens with zero attached hydrogens (tertiary/aromatic N) is 1. The fraction of sp³-hybridized carbons (Fsp3) is 0.312. The van der Waals surface area contributed by atoms with Crippen molar-refractivity contribution in [3.63, 3.8) is 0 Å². The molecule has 4 rings (SSSR count). The summed E-state index contributed by atoms with van der Waals surface area (Å²) >= 11 is 0. The highest BCUT2D eigenvalue weighted by molar-refractivity contribution is 5.99. The van der Waals surface area contributed by atoms with Gasteiger partial charge in [0.15, 0.2) is 6.10 Å². The second-order valence-corrected chi connectivity index (χ2v) is 10.1. The van der Waals surface area contributed by atoms with Gasteiger partial charge in [0, 0.05) is 35.1 Å². The van der Waals surface area contributed by atoms with Crippen LogP contribution in [0.4, 0.5) is 0 Å². The zero-order valence-electron chi connectivity index (χ0n) is 22.9. The van der Waals surface area contributed by atoms with E-state index in [1.54, 1.807) is 0 Å². The molecule has 6 heteroatoms. The van der Waals surface area contributed by atoms with E-state index in [4.69, 9.17) is 9.47 Å². The van der Waals surface area contributed by atoms with Crippen LogP contribution >= 0.6 is 0 Å². The molecule has 1 N–H and O–H groups in total. The fourth-order valence-corrected chi connectivity index (χ4v) is 4.76. The summed E-state index contributed by atoms with van der Waals surface area (Å²) in [6.07, 6.45) is 0.0327. The highest BCUT2D eigenvalue weighted by Crippen LogP contribution is 2.29. The number of rotatable bonds is 9. The van der Waals surface area contributed by atoms with Crippen LogP contribution in [0.25, 0.3) is 10.9 Å². The first-order chi connectivity index (χ1) is 18.2. The predicted molar refractivity (Wildman–Crippen MR) is 150 cm³/mol. The lowest BCUT2D eigenvalue weighted by molar-refractivity contribution is -0.150. The molecule has 38 heavy (non-hydrogen) atoms. The van der Waals surface area contributed by atoms with Crippen LogP contribution in [0.3, 0.4) is 0 Å². The number of methoxy groups -OCH3 is 1. The lowest BCUT2D eigenvalue weighted by atomic mass is 10.0. The van der Waals surface area contributed by atoms with Gasteiger partial charge < -0.3 is 19.4 Å². The maximum absolute atomic E-state index is 13.0. The highest BCUT2D eigenvalue weighted by Gasteiger charge is 2.25. The maximum Gasteiger partial charge on any atom is 0.347 e. The smallest absolute Gasteiger partial charge is 0.347 e. The van der Waals surface area contributed by atoms with Crippen LogP contribution in [0.1, 0.15) is 59.6 Å².